The van der Waals surface area contributed by atoms with Gasteiger partial charge in [-0.3, -0.25) is 4.79 Å². The van der Waals surface area contributed by atoms with Gasteiger partial charge in [-0.05, 0) is 0 Å². The SMILES string of the molecule is N#Cc1ssc(=S)c1C(N)=O. The van der Waals surface area contributed by atoms with E-state index in [2.05, 4.69) is 0 Å². The summed E-state index contributed by atoms with van der Waals surface area (Å²) in [5.74, 6) is -0.621. The Morgan fingerprint density at radius 1 is 1.64 bits per heavy atom. The van der Waals surface area contributed by atoms with Crippen LogP contribution in [0.15, 0.2) is 0 Å². The Bertz CT molecular complexity index is 383. The van der Waals surface area contributed by atoms with Gasteiger partial charge in [0.05, 0.1) is 5.56 Å². The second-order valence-corrected chi connectivity index (χ2v) is 4.45. The molecule has 1 aromatic heterocycles. The van der Waals surface area contributed by atoms with Gasteiger partial charge in [0.1, 0.15) is 14.8 Å². The van der Waals surface area contributed by atoms with Gasteiger partial charge in [-0.1, -0.05) is 32.9 Å². The van der Waals surface area contributed by atoms with Crippen LogP contribution in [0.25, 0.3) is 0 Å². The lowest BCUT2D eigenvalue weighted by Crippen LogP contribution is -2.11. The number of hydrogen-bond acceptors (Lipinski definition) is 5. The molecule has 0 spiro atoms. The molecule has 1 heterocycles. The van der Waals surface area contributed by atoms with Crippen molar-refractivity contribution in [2.45, 2.75) is 0 Å². The van der Waals surface area contributed by atoms with Crippen molar-refractivity contribution < 1.29 is 4.79 Å². The number of carbonyl (C=O) groups is 1. The van der Waals surface area contributed by atoms with Crippen molar-refractivity contribution in [3.63, 3.8) is 0 Å². The Morgan fingerprint density at radius 2 is 2.27 bits per heavy atom. The molecule has 0 radical (unpaired) electrons. The molecule has 1 rings (SSSR count). The average molecular weight is 202 g/mol. The predicted molar refractivity (Wildman–Crippen MR) is 46.3 cm³/mol. The fraction of sp³-hybridized carbons (Fsp3) is 0. The van der Waals surface area contributed by atoms with Crippen LogP contribution in [0.3, 0.4) is 0 Å². The van der Waals surface area contributed by atoms with Gasteiger partial charge < -0.3 is 5.73 Å². The second-order valence-electron chi connectivity index (χ2n) is 1.63. The van der Waals surface area contributed by atoms with Crippen molar-refractivity contribution in [3.05, 3.63) is 14.3 Å². The smallest absolute Gasteiger partial charge is 0.253 e. The van der Waals surface area contributed by atoms with Gasteiger partial charge in [0.2, 0.25) is 0 Å². The van der Waals surface area contributed by atoms with Crippen LogP contribution in [0, 0.1) is 15.2 Å². The molecular weight excluding hydrogens is 200 g/mol. The number of rotatable bonds is 1. The van der Waals surface area contributed by atoms with Gasteiger partial charge in [-0.15, -0.1) is 0 Å². The lowest BCUT2D eigenvalue weighted by Gasteiger charge is -1.85. The first-order valence-corrected chi connectivity index (χ1v) is 5.05. The maximum atomic E-state index is 10.7. The summed E-state index contributed by atoms with van der Waals surface area (Å²) >= 11 is 4.79. The van der Waals surface area contributed by atoms with Crippen LogP contribution in [0.1, 0.15) is 15.2 Å². The fourth-order valence-electron chi connectivity index (χ4n) is 0.543. The van der Waals surface area contributed by atoms with Crippen molar-refractivity contribution in [1.29, 1.82) is 5.26 Å². The Kier molecular flexibility index (Phi) is 2.34. The van der Waals surface area contributed by atoms with Gasteiger partial charge in [-0.2, -0.15) is 5.26 Å². The van der Waals surface area contributed by atoms with E-state index in [1.807, 2.05) is 6.07 Å². The quantitative estimate of drug-likeness (QED) is 0.554. The summed E-state index contributed by atoms with van der Waals surface area (Å²) in [6.45, 7) is 0. The van der Waals surface area contributed by atoms with Crippen molar-refractivity contribution in [2.24, 2.45) is 5.73 Å². The monoisotopic (exact) mass is 202 g/mol. The first-order valence-electron chi connectivity index (χ1n) is 2.50. The summed E-state index contributed by atoms with van der Waals surface area (Å²) in [6, 6.07) is 1.86. The van der Waals surface area contributed by atoms with E-state index in [4.69, 9.17) is 23.2 Å². The zero-order chi connectivity index (χ0) is 8.43. The minimum atomic E-state index is -0.621. The number of amides is 1. The largest absolute Gasteiger partial charge is 0.365 e. The van der Waals surface area contributed by atoms with Crippen molar-refractivity contribution in [2.75, 3.05) is 0 Å². The number of nitrogens with two attached hydrogens (primary N) is 1. The highest BCUT2D eigenvalue weighted by Gasteiger charge is 2.12. The van der Waals surface area contributed by atoms with Crippen LogP contribution in [0.4, 0.5) is 0 Å². The van der Waals surface area contributed by atoms with Gasteiger partial charge in [-0.25, -0.2) is 0 Å². The lowest BCUT2D eigenvalue weighted by molar-refractivity contribution is 0.100. The van der Waals surface area contributed by atoms with Crippen LogP contribution >= 0.6 is 32.9 Å². The number of primary amides is 1. The predicted octanol–water partition coefficient (Wildman–Crippen LogP) is 1.51. The molecule has 6 heteroatoms. The molecule has 3 nitrogen and oxygen atoms in total. The van der Waals surface area contributed by atoms with Gasteiger partial charge in [0.25, 0.3) is 5.91 Å². The lowest BCUT2D eigenvalue weighted by atomic mass is 10.3. The zero-order valence-corrected chi connectivity index (χ0v) is 7.61. The molecule has 0 bridgehead atoms. The molecule has 1 aromatic rings. The molecule has 0 aliphatic carbocycles. The zero-order valence-electron chi connectivity index (χ0n) is 5.16. The normalized spacial score (nSPS) is 9.00. The Hall–Kier alpha value is -0.770. The van der Waals surface area contributed by atoms with Crippen LogP contribution in [0.5, 0.6) is 0 Å². The van der Waals surface area contributed by atoms with E-state index in [0.29, 0.717) is 8.70 Å². The van der Waals surface area contributed by atoms with Crippen molar-refractivity contribution >= 4 is 38.8 Å². The number of nitriles is 1. The number of hydrogen-bond donors (Lipinski definition) is 1. The van der Waals surface area contributed by atoms with Crippen LogP contribution < -0.4 is 5.73 Å². The third-order valence-electron chi connectivity index (χ3n) is 0.980. The fourth-order valence-corrected chi connectivity index (χ4v) is 3.04. The number of nitrogens with zero attached hydrogens (tertiary/aromatic N) is 1. The molecular formula is C5H2N2OS3. The highest BCUT2D eigenvalue weighted by Crippen LogP contribution is 2.23. The molecule has 0 atom stereocenters. The molecule has 11 heavy (non-hydrogen) atoms. The maximum Gasteiger partial charge on any atom is 0.253 e. The van der Waals surface area contributed by atoms with E-state index in [1.54, 1.807) is 0 Å². The Balaban J connectivity index is 3.44. The van der Waals surface area contributed by atoms with Crippen molar-refractivity contribution in [1.82, 2.24) is 0 Å². The standard InChI is InChI=1S/C5H2N2OS3/c6-1-2-3(4(7)8)5(9)11-10-2/h(H2,7,8). The van der Waals surface area contributed by atoms with Gasteiger partial charge in [0, 0.05) is 0 Å². The number of carbonyl (C=O) groups excluding carboxylic acids is 1. The third kappa shape index (κ3) is 1.45. The Morgan fingerprint density at radius 3 is 2.64 bits per heavy atom. The highest BCUT2D eigenvalue weighted by atomic mass is 32.9. The summed E-state index contributed by atoms with van der Waals surface area (Å²) in [4.78, 5) is 11.0. The third-order valence-corrected chi connectivity index (χ3v) is 3.90. The molecule has 0 aromatic carbocycles. The van der Waals surface area contributed by atoms with Crippen LogP contribution in [-0.4, -0.2) is 5.91 Å². The topological polar surface area (TPSA) is 66.9 Å². The molecule has 2 N–H and O–H groups in total. The van der Waals surface area contributed by atoms with Gasteiger partial charge >= 0.3 is 0 Å². The summed E-state index contributed by atoms with van der Waals surface area (Å²) in [7, 11) is 2.40. The van der Waals surface area contributed by atoms with Gasteiger partial charge in [0.15, 0.2) is 0 Å². The second kappa shape index (κ2) is 3.09. The van der Waals surface area contributed by atoms with E-state index in [1.165, 1.54) is 20.7 Å². The molecule has 0 saturated heterocycles. The van der Waals surface area contributed by atoms with Crippen LogP contribution in [-0.2, 0) is 0 Å². The molecule has 0 aliphatic rings. The molecule has 1 amide bonds. The van der Waals surface area contributed by atoms with Crippen molar-refractivity contribution in [3.8, 4) is 6.07 Å². The summed E-state index contributed by atoms with van der Waals surface area (Å²) in [5, 5.41) is 8.49. The summed E-state index contributed by atoms with van der Waals surface area (Å²) in [5.41, 5.74) is 5.18. The van der Waals surface area contributed by atoms with E-state index in [-0.39, 0.29) is 5.56 Å². The molecule has 56 valence electrons. The van der Waals surface area contributed by atoms with E-state index in [0.717, 1.165) is 0 Å². The van der Waals surface area contributed by atoms with E-state index >= 15 is 0 Å². The first kappa shape index (κ1) is 8.33. The van der Waals surface area contributed by atoms with E-state index in [9.17, 15) is 4.79 Å². The molecule has 0 unspecified atom stereocenters. The summed E-state index contributed by atoms with van der Waals surface area (Å²) in [6.07, 6.45) is 0. The Labute approximate surface area is 75.1 Å². The van der Waals surface area contributed by atoms with Crippen LogP contribution in [0.2, 0.25) is 0 Å². The minimum absolute atomic E-state index is 0.192. The first-order chi connectivity index (χ1) is 5.16. The molecule has 0 saturated carbocycles. The maximum absolute atomic E-state index is 10.7. The summed E-state index contributed by atoms with van der Waals surface area (Å²) < 4.78 is 0.402. The average Bonchev–Trinajstić information content (AvgIpc) is 2.30. The molecule has 0 aliphatic heterocycles. The minimum Gasteiger partial charge on any atom is -0.365 e. The van der Waals surface area contributed by atoms with E-state index < -0.39 is 5.91 Å². The molecule has 0 fully saturated rings. The highest BCUT2D eigenvalue weighted by molar-refractivity contribution is 7.79.